The average Bonchev–Trinajstić information content (AvgIpc) is 2.27. The Kier molecular flexibility index (Phi) is 3.43. The first-order chi connectivity index (χ1) is 8.00. The number of aliphatic carboxylic acids is 1. The van der Waals surface area contributed by atoms with Crippen molar-refractivity contribution in [2.24, 2.45) is 11.8 Å². The molecule has 1 aromatic rings. The van der Waals surface area contributed by atoms with Crippen LogP contribution in [0.4, 0.5) is 0 Å². The number of fused-ring (bicyclic) bond motifs is 1. The Morgan fingerprint density at radius 1 is 1.53 bits per heavy atom. The van der Waals surface area contributed by atoms with Crippen LogP contribution in [0.5, 0.6) is 5.75 Å². The maximum atomic E-state index is 11.3. The van der Waals surface area contributed by atoms with E-state index in [9.17, 15) is 9.90 Å². The second kappa shape index (κ2) is 4.69. The maximum Gasteiger partial charge on any atom is 0.310 e. The van der Waals surface area contributed by atoms with E-state index in [1.807, 2.05) is 32.0 Å². The van der Waals surface area contributed by atoms with Crippen LogP contribution in [0.25, 0.3) is 0 Å². The van der Waals surface area contributed by atoms with Gasteiger partial charge in [-0.1, -0.05) is 35.8 Å². The van der Waals surface area contributed by atoms with Crippen molar-refractivity contribution >= 4 is 21.9 Å². The molecule has 4 heteroatoms. The standard InChI is InChI=1S/C13H15BrO3/c1-7(2)12-9(13(15)16)6-8-10(14)4-3-5-11(8)17-12/h3-5,7,9,12H,6H2,1-2H3,(H,15,16). The highest BCUT2D eigenvalue weighted by Crippen LogP contribution is 2.37. The van der Waals surface area contributed by atoms with Crippen LogP contribution in [0.15, 0.2) is 22.7 Å². The summed E-state index contributed by atoms with van der Waals surface area (Å²) in [5.74, 6) is -0.273. The molecule has 2 atom stereocenters. The molecule has 0 fully saturated rings. The van der Waals surface area contributed by atoms with Gasteiger partial charge in [0.25, 0.3) is 0 Å². The number of ether oxygens (including phenoxy) is 1. The number of carboxylic acids is 1. The minimum atomic E-state index is -0.787. The molecule has 1 aromatic carbocycles. The molecule has 2 unspecified atom stereocenters. The summed E-state index contributed by atoms with van der Waals surface area (Å²) < 4.78 is 6.76. The average molecular weight is 299 g/mol. The van der Waals surface area contributed by atoms with Crippen molar-refractivity contribution in [2.45, 2.75) is 26.4 Å². The number of carboxylic acid groups (broad SMARTS) is 1. The van der Waals surface area contributed by atoms with Crippen LogP contribution in [-0.4, -0.2) is 17.2 Å². The first-order valence-corrected chi connectivity index (χ1v) is 6.47. The van der Waals surface area contributed by atoms with Crippen molar-refractivity contribution in [1.29, 1.82) is 0 Å². The normalized spacial score (nSPS) is 23.1. The largest absolute Gasteiger partial charge is 0.489 e. The quantitative estimate of drug-likeness (QED) is 0.912. The van der Waals surface area contributed by atoms with Gasteiger partial charge in [0.2, 0.25) is 0 Å². The van der Waals surface area contributed by atoms with Crippen LogP contribution in [0.2, 0.25) is 0 Å². The highest BCUT2D eigenvalue weighted by atomic mass is 79.9. The van der Waals surface area contributed by atoms with Crippen molar-refractivity contribution in [2.75, 3.05) is 0 Å². The predicted molar refractivity (Wildman–Crippen MR) is 68.2 cm³/mol. The van der Waals surface area contributed by atoms with Gasteiger partial charge in [-0.05, 0) is 24.5 Å². The third-order valence-electron chi connectivity index (χ3n) is 3.13. The van der Waals surface area contributed by atoms with Gasteiger partial charge >= 0.3 is 5.97 Å². The van der Waals surface area contributed by atoms with Gasteiger partial charge in [-0.3, -0.25) is 4.79 Å². The molecule has 0 bridgehead atoms. The summed E-state index contributed by atoms with van der Waals surface area (Å²) in [7, 11) is 0. The van der Waals surface area contributed by atoms with Crippen LogP contribution < -0.4 is 4.74 Å². The third-order valence-corrected chi connectivity index (χ3v) is 3.88. The van der Waals surface area contributed by atoms with Crippen LogP contribution in [0.3, 0.4) is 0 Å². The second-order valence-electron chi connectivity index (χ2n) is 4.69. The molecule has 0 radical (unpaired) electrons. The first kappa shape index (κ1) is 12.4. The number of hydrogen-bond donors (Lipinski definition) is 1. The third kappa shape index (κ3) is 2.32. The van der Waals surface area contributed by atoms with Crippen molar-refractivity contribution < 1.29 is 14.6 Å². The molecule has 1 aliphatic heterocycles. The summed E-state index contributed by atoms with van der Waals surface area (Å²) >= 11 is 3.44. The molecule has 1 heterocycles. The van der Waals surface area contributed by atoms with Gasteiger partial charge in [-0.15, -0.1) is 0 Å². The number of rotatable bonds is 2. The Labute approximate surface area is 109 Å². The zero-order chi connectivity index (χ0) is 12.6. The zero-order valence-electron chi connectivity index (χ0n) is 9.81. The van der Waals surface area contributed by atoms with E-state index in [0.29, 0.717) is 6.42 Å². The Morgan fingerprint density at radius 3 is 2.82 bits per heavy atom. The molecule has 0 saturated carbocycles. The molecule has 1 aliphatic rings. The van der Waals surface area contributed by atoms with E-state index in [2.05, 4.69) is 15.9 Å². The monoisotopic (exact) mass is 298 g/mol. The van der Waals surface area contributed by atoms with E-state index in [-0.39, 0.29) is 12.0 Å². The van der Waals surface area contributed by atoms with Crippen LogP contribution in [0, 0.1) is 11.8 Å². The smallest absolute Gasteiger partial charge is 0.310 e. The fourth-order valence-electron chi connectivity index (χ4n) is 2.24. The minimum Gasteiger partial charge on any atom is -0.489 e. The van der Waals surface area contributed by atoms with E-state index in [4.69, 9.17) is 4.74 Å². The van der Waals surface area contributed by atoms with Crippen LogP contribution in [0.1, 0.15) is 19.4 Å². The molecule has 3 nitrogen and oxygen atoms in total. The maximum absolute atomic E-state index is 11.3. The van der Waals surface area contributed by atoms with Gasteiger partial charge in [0.15, 0.2) is 0 Å². The SMILES string of the molecule is CC(C)C1Oc2cccc(Br)c2CC1C(=O)O. The fourth-order valence-corrected chi connectivity index (χ4v) is 2.75. The molecule has 17 heavy (non-hydrogen) atoms. The molecule has 0 saturated heterocycles. The Hall–Kier alpha value is -1.03. The van der Waals surface area contributed by atoms with Gasteiger partial charge in [-0.25, -0.2) is 0 Å². The summed E-state index contributed by atoms with van der Waals surface area (Å²) in [5.41, 5.74) is 0.955. The van der Waals surface area contributed by atoms with Crippen molar-refractivity contribution in [1.82, 2.24) is 0 Å². The van der Waals surface area contributed by atoms with Crippen LogP contribution >= 0.6 is 15.9 Å². The molecular formula is C13H15BrO3. The van der Waals surface area contributed by atoms with E-state index in [1.165, 1.54) is 0 Å². The van der Waals surface area contributed by atoms with Crippen LogP contribution in [-0.2, 0) is 11.2 Å². The van der Waals surface area contributed by atoms with Crippen molar-refractivity contribution in [3.8, 4) is 5.75 Å². The molecular weight excluding hydrogens is 284 g/mol. The molecule has 0 aromatic heterocycles. The zero-order valence-corrected chi connectivity index (χ0v) is 11.4. The van der Waals surface area contributed by atoms with Crippen molar-refractivity contribution in [3.05, 3.63) is 28.2 Å². The second-order valence-corrected chi connectivity index (χ2v) is 5.55. The highest BCUT2D eigenvalue weighted by Gasteiger charge is 2.37. The summed E-state index contributed by atoms with van der Waals surface area (Å²) in [5, 5.41) is 9.28. The first-order valence-electron chi connectivity index (χ1n) is 5.67. The number of hydrogen-bond acceptors (Lipinski definition) is 2. The van der Waals surface area contributed by atoms with E-state index < -0.39 is 11.9 Å². The Balaban J connectivity index is 2.40. The minimum absolute atomic E-state index is 0.184. The summed E-state index contributed by atoms with van der Waals surface area (Å²) in [6, 6.07) is 5.71. The predicted octanol–water partition coefficient (Wildman–Crippen LogP) is 3.11. The van der Waals surface area contributed by atoms with Crippen molar-refractivity contribution in [3.63, 3.8) is 0 Å². The molecule has 1 N–H and O–H groups in total. The molecule has 0 amide bonds. The van der Waals surface area contributed by atoms with E-state index in [1.54, 1.807) is 0 Å². The lowest BCUT2D eigenvalue weighted by atomic mass is 9.85. The van der Waals surface area contributed by atoms with E-state index >= 15 is 0 Å². The lowest BCUT2D eigenvalue weighted by Gasteiger charge is -2.34. The summed E-state index contributed by atoms with van der Waals surface area (Å²) in [6.07, 6.45) is 0.267. The molecule has 92 valence electrons. The van der Waals surface area contributed by atoms with Gasteiger partial charge in [0.05, 0.1) is 5.92 Å². The Bertz CT molecular complexity index is 442. The molecule has 2 rings (SSSR count). The highest BCUT2D eigenvalue weighted by molar-refractivity contribution is 9.10. The van der Waals surface area contributed by atoms with Gasteiger partial charge in [0, 0.05) is 10.0 Å². The number of carbonyl (C=O) groups is 1. The lowest BCUT2D eigenvalue weighted by molar-refractivity contribution is -0.146. The van der Waals surface area contributed by atoms with E-state index in [0.717, 1.165) is 15.8 Å². The lowest BCUT2D eigenvalue weighted by Crippen LogP contribution is -2.41. The fraction of sp³-hybridized carbons (Fsp3) is 0.462. The Morgan fingerprint density at radius 2 is 2.24 bits per heavy atom. The molecule has 0 spiro atoms. The van der Waals surface area contributed by atoms with Gasteiger partial charge in [-0.2, -0.15) is 0 Å². The number of halogens is 1. The summed E-state index contributed by atoms with van der Waals surface area (Å²) in [4.78, 5) is 11.3. The van der Waals surface area contributed by atoms with Gasteiger partial charge < -0.3 is 9.84 Å². The topological polar surface area (TPSA) is 46.5 Å². The molecule has 0 aliphatic carbocycles. The number of benzene rings is 1. The van der Waals surface area contributed by atoms with Gasteiger partial charge in [0.1, 0.15) is 11.9 Å². The summed E-state index contributed by atoms with van der Waals surface area (Å²) in [6.45, 7) is 3.98.